The molecule has 0 radical (unpaired) electrons. The zero-order valence-electron chi connectivity index (χ0n) is 13.1. The molecule has 4 aliphatic rings. The Morgan fingerprint density at radius 1 is 1.39 bits per heavy atom. The monoisotopic (exact) mass is 307 g/mol. The van der Waals surface area contributed by atoms with Crippen molar-refractivity contribution >= 4 is 24.6 Å². The number of hydrogen-bond donors (Lipinski definition) is 0. The van der Waals surface area contributed by atoms with E-state index in [2.05, 4.69) is 18.0 Å². The second-order valence-corrected chi connectivity index (χ2v) is 7.28. The number of benzene rings is 1. The number of hydrogen-bond acceptors (Lipinski definition) is 4. The van der Waals surface area contributed by atoms with Crippen molar-refractivity contribution in [2.45, 2.75) is 43.2 Å². The van der Waals surface area contributed by atoms with Crippen molar-refractivity contribution in [1.82, 2.24) is 4.90 Å². The van der Waals surface area contributed by atoms with Crippen LogP contribution in [0.1, 0.15) is 30.4 Å². The van der Waals surface area contributed by atoms with E-state index in [0.29, 0.717) is 18.4 Å². The zero-order valence-corrected chi connectivity index (χ0v) is 13.1. The van der Waals surface area contributed by atoms with Gasteiger partial charge in [-0.2, -0.15) is 0 Å². The standard InChI is InChI=1S/C18H21NO3.Li.H/c1-19-8-7-18-11-4-5-13(20)17(18)22-16-14(21-2)6-3-10(15(16)18)9-12(11)19;;/h3,6,11-12,17H,4-5,7-9H2,1-2H3;;/t11-,12+,17-,18-;;/m0../s1. The first-order chi connectivity index (χ1) is 10.7. The Morgan fingerprint density at radius 3 is 3.00 bits per heavy atom. The number of methoxy groups -OCH3 is 1. The Balaban J connectivity index is 0.00000135. The van der Waals surface area contributed by atoms with Crippen molar-refractivity contribution in [2.24, 2.45) is 5.92 Å². The van der Waals surface area contributed by atoms with E-state index < -0.39 is 0 Å². The molecule has 5 rings (SSSR count). The Bertz CT molecular complexity index is 691. The normalized spacial score (nSPS) is 36.8. The van der Waals surface area contributed by atoms with E-state index in [-0.39, 0.29) is 36.2 Å². The second-order valence-electron chi connectivity index (χ2n) is 7.28. The SMILES string of the molecule is COc1ccc2c3c1O[C@H]1C(=O)CC[C@H]4[C@@H](C2)N(C)CC[C@]314.[LiH]. The van der Waals surface area contributed by atoms with Crippen molar-refractivity contribution in [3.05, 3.63) is 23.3 Å². The summed E-state index contributed by atoms with van der Waals surface area (Å²) in [6.45, 7) is 1.05. The molecule has 0 aromatic heterocycles. The molecule has 0 unspecified atom stereocenters. The van der Waals surface area contributed by atoms with E-state index >= 15 is 0 Å². The van der Waals surface area contributed by atoms with Crippen molar-refractivity contribution < 1.29 is 14.3 Å². The summed E-state index contributed by atoms with van der Waals surface area (Å²) in [5.74, 6) is 2.46. The van der Waals surface area contributed by atoms with Gasteiger partial charge < -0.3 is 14.4 Å². The third kappa shape index (κ3) is 1.70. The van der Waals surface area contributed by atoms with Crippen molar-refractivity contribution in [3.63, 3.8) is 0 Å². The summed E-state index contributed by atoms with van der Waals surface area (Å²) >= 11 is 0. The van der Waals surface area contributed by atoms with Gasteiger partial charge in [-0.25, -0.2) is 0 Å². The molecule has 1 aromatic rings. The molecular weight excluding hydrogens is 285 g/mol. The average Bonchev–Trinajstić information content (AvgIpc) is 2.88. The minimum absolute atomic E-state index is 0. The van der Waals surface area contributed by atoms with Crippen LogP contribution in [-0.2, 0) is 16.6 Å². The zero-order chi connectivity index (χ0) is 15.1. The molecule has 1 saturated carbocycles. The van der Waals surface area contributed by atoms with Crippen LogP contribution in [0.25, 0.3) is 0 Å². The van der Waals surface area contributed by atoms with Gasteiger partial charge in [0, 0.05) is 23.4 Å². The number of likely N-dealkylation sites (N-methyl/N-ethyl adjacent to an activating group) is 1. The molecule has 5 heteroatoms. The number of ether oxygens (including phenoxy) is 2. The summed E-state index contributed by atoms with van der Waals surface area (Å²) in [7, 11) is 3.91. The number of carbonyl (C=O) groups is 1. The van der Waals surface area contributed by atoms with Crippen LogP contribution in [0.2, 0.25) is 0 Å². The van der Waals surface area contributed by atoms with E-state index in [1.54, 1.807) is 7.11 Å². The molecular formula is C18H22LiNO3. The fourth-order valence-corrected chi connectivity index (χ4v) is 5.67. The number of ketones is 1. The van der Waals surface area contributed by atoms with Crippen LogP contribution in [0.4, 0.5) is 0 Å². The number of Topliss-reactive ketones (excluding diaryl/α,β-unsaturated/α-hetero) is 1. The molecule has 118 valence electrons. The first kappa shape index (κ1) is 15.6. The van der Waals surface area contributed by atoms with Gasteiger partial charge >= 0.3 is 18.9 Å². The van der Waals surface area contributed by atoms with Crippen molar-refractivity contribution in [2.75, 3.05) is 20.7 Å². The van der Waals surface area contributed by atoms with Crippen LogP contribution in [0, 0.1) is 5.92 Å². The average molecular weight is 307 g/mol. The molecule has 4 nitrogen and oxygen atoms in total. The molecule has 2 fully saturated rings. The molecule has 2 bridgehead atoms. The van der Waals surface area contributed by atoms with Gasteiger partial charge in [-0.1, -0.05) is 6.07 Å². The van der Waals surface area contributed by atoms with E-state index in [9.17, 15) is 4.79 Å². The third-order valence-electron chi connectivity index (χ3n) is 6.59. The van der Waals surface area contributed by atoms with Gasteiger partial charge in [-0.15, -0.1) is 0 Å². The molecule has 2 aliphatic carbocycles. The molecule has 0 amide bonds. The van der Waals surface area contributed by atoms with Gasteiger partial charge in [-0.05, 0) is 50.4 Å². The molecule has 23 heavy (non-hydrogen) atoms. The minimum atomic E-state index is -0.284. The van der Waals surface area contributed by atoms with Crippen LogP contribution in [0.15, 0.2) is 12.1 Å². The summed E-state index contributed by atoms with van der Waals surface area (Å²) in [6.07, 6.45) is 3.47. The predicted molar refractivity (Wildman–Crippen MR) is 88.7 cm³/mol. The van der Waals surface area contributed by atoms with Crippen LogP contribution in [-0.4, -0.2) is 62.4 Å². The number of carbonyl (C=O) groups excluding carboxylic acids is 1. The second kappa shape index (κ2) is 5.02. The summed E-state index contributed by atoms with van der Waals surface area (Å²) in [5, 5.41) is 0. The topological polar surface area (TPSA) is 38.8 Å². The van der Waals surface area contributed by atoms with Gasteiger partial charge in [-0.3, -0.25) is 4.79 Å². The van der Waals surface area contributed by atoms with E-state index in [1.165, 1.54) is 11.1 Å². The fraction of sp³-hybridized carbons (Fsp3) is 0.611. The maximum absolute atomic E-state index is 12.6. The van der Waals surface area contributed by atoms with Gasteiger partial charge in [0.1, 0.15) is 0 Å². The van der Waals surface area contributed by atoms with E-state index in [4.69, 9.17) is 9.47 Å². The molecule has 1 saturated heterocycles. The predicted octanol–water partition coefficient (Wildman–Crippen LogP) is 1.28. The first-order valence-corrected chi connectivity index (χ1v) is 8.27. The van der Waals surface area contributed by atoms with Gasteiger partial charge in [0.25, 0.3) is 0 Å². The Hall–Kier alpha value is -0.953. The third-order valence-corrected chi connectivity index (χ3v) is 6.59. The van der Waals surface area contributed by atoms with E-state index in [0.717, 1.165) is 37.3 Å². The van der Waals surface area contributed by atoms with Gasteiger partial charge in [0.05, 0.1) is 7.11 Å². The summed E-state index contributed by atoms with van der Waals surface area (Å²) in [5.41, 5.74) is 2.57. The quantitative estimate of drug-likeness (QED) is 0.733. The first-order valence-electron chi connectivity index (χ1n) is 8.27. The summed E-state index contributed by atoms with van der Waals surface area (Å²) in [4.78, 5) is 15.1. The van der Waals surface area contributed by atoms with Crippen LogP contribution >= 0.6 is 0 Å². The number of piperidine rings is 1. The number of rotatable bonds is 1. The molecule has 0 N–H and O–H groups in total. The number of likely N-dealkylation sites (tertiary alicyclic amines) is 1. The molecule has 1 spiro atoms. The Morgan fingerprint density at radius 2 is 2.22 bits per heavy atom. The summed E-state index contributed by atoms with van der Waals surface area (Å²) < 4.78 is 11.8. The van der Waals surface area contributed by atoms with Gasteiger partial charge in [0.15, 0.2) is 23.4 Å². The van der Waals surface area contributed by atoms with Gasteiger partial charge in [0.2, 0.25) is 0 Å². The summed E-state index contributed by atoms with van der Waals surface area (Å²) in [6, 6.07) is 4.73. The van der Waals surface area contributed by atoms with Crippen LogP contribution < -0.4 is 9.47 Å². The fourth-order valence-electron chi connectivity index (χ4n) is 5.67. The van der Waals surface area contributed by atoms with Crippen molar-refractivity contribution in [3.8, 4) is 11.5 Å². The van der Waals surface area contributed by atoms with Crippen molar-refractivity contribution in [1.29, 1.82) is 0 Å². The van der Waals surface area contributed by atoms with Crippen LogP contribution in [0.3, 0.4) is 0 Å². The molecule has 4 atom stereocenters. The molecule has 1 aromatic carbocycles. The number of nitrogens with zero attached hydrogens (tertiary/aromatic N) is 1. The molecule has 2 heterocycles. The maximum atomic E-state index is 12.6. The van der Waals surface area contributed by atoms with Crippen LogP contribution in [0.5, 0.6) is 11.5 Å². The van der Waals surface area contributed by atoms with E-state index in [1.807, 2.05) is 6.07 Å². The molecule has 2 aliphatic heterocycles. The Labute approximate surface area is 148 Å². The Kier molecular flexibility index (Phi) is 3.40.